The van der Waals surface area contributed by atoms with Gasteiger partial charge >= 0.3 is 5.97 Å². The van der Waals surface area contributed by atoms with Crippen molar-refractivity contribution < 1.29 is 23.4 Å². The molecule has 0 aromatic carbocycles. The van der Waals surface area contributed by atoms with E-state index in [1.165, 1.54) is 0 Å². The lowest BCUT2D eigenvalue weighted by Crippen LogP contribution is -2.25. The fraction of sp³-hybridized carbons (Fsp3) is 0.643. The van der Waals surface area contributed by atoms with E-state index in [-0.39, 0.29) is 12.5 Å². The molecule has 116 valence electrons. The largest absolute Gasteiger partial charge is 0.481 e. The first-order valence-corrected chi connectivity index (χ1v) is 6.91. The Labute approximate surface area is 121 Å². The maximum absolute atomic E-state index is 11.9. The van der Waals surface area contributed by atoms with Crippen molar-refractivity contribution in [2.24, 2.45) is 5.92 Å². The van der Waals surface area contributed by atoms with Crippen LogP contribution in [0.25, 0.3) is 0 Å². The molecule has 21 heavy (non-hydrogen) atoms. The normalized spacial score (nSPS) is 17.8. The molecule has 0 amide bonds. The zero-order valence-corrected chi connectivity index (χ0v) is 11.8. The Morgan fingerprint density at radius 1 is 1.48 bits per heavy atom. The van der Waals surface area contributed by atoms with E-state index in [0.29, 0.717) is 31.5 Å². The van der Waals surface area contributed by atoms with Crippen LogP contribution in [0.15, 0.2) is 0 Å². The Morgan fingerprint density at radius 2 is 2.24 bits per heavy atom. The smallest absolute Gasteiger partial charge is 0.306 e. The van der Waals surface area contributed by atoms with Gasteiger partial charge in [-0.05, 0) is 31.7 Å². The van der Waals surface area contributed by atoms with Gasteiger partial charge in [-0.25, -0.2) is 18.7 Å². The van der Waals surface area contributed by atoms with Gasteiger partial charge in [0.2, 0.25) is 0 Å². The van der Waals surface area contributed by atoms with E-state index >= 15 is 0 Å². The minimum atomic E-state index is -2.47. The van der Waals surface area contributed by atoms with Gasteiger partial charge in [-0.1, -0.05) is 0 Å². The first-order chi connectivity index (χ1) is 9.97. The highest BCUT2D eigenvalue weighted by molar-refractivity contribution is 5.71. The molecular formula is C14H18F2N2O3. The SMILES string of the molecule is Cc1nc(CCOCC(F)F)nc2c1CC(C(=O)O)CC2. The zero-order chi connectivity index (χ0) is 15.4. The molecule has 2 rings (SSSR count). The molecule has 0 spiro atoms. The van der Waals surface area contributed by atoms with Crippen molar-refractivity contribution in [1.82, 2.24) is 9.97 Å². The van der Waals surface area contributed by atoms with E-state index < -0.39 is 19.0 Å². The summed E-state index contributed by atoms with van der Waals surface area (Å²) in [5.74, 6) is -0.598. The number of aliphatic carboxylic acids is 1. The Kier molecular flexibility index (Phi) is 5.17. The average molecular weight is 300 g/mol. The number of aryl methyl sites for hydroxylation is 2. The number of carboxylic acids is 1. The summed E-state index contributed by atoms with van der Waals surface area (Å²) in [6.45, 7) is 1.40. The summed E-state index contributed by atoms with van der Waals surface area (Å²) in [7, 11) is 0. The van der Waals surface area contributed by atoms with Crippen molar-refractivity contribution in [3.05, 3.63) is 22.8 Å². The second-order valence-corrected chi connectivity index (χ2v) is 5.14. The van der Waals surface area contributed by atoms with E-state index in [4.69, 9.17) is 9.84 Å². The molecule has 5 nitrogen and oxygen atoms in total. The van der Waals surface area contributed by atoms with Crippen molar-refractivity contribution in [2.45, 2.75) is 39.0 Å². The van der Waals surface area contributed by atoms with E-state index in [9.17, 15) is 13.6 Å². The van der Waals surface area contributed by atoms with Crippen LogP contribution in [0, 0.1) is 12.8 Å². The number of carbonyl (C=O) groups is 1. The Balaban J connectivity index is 2.01. The highest BCUT2D eigenvalue weighted by Crippen LogP contribution is 2.26. The first-order valence-electron chi connectivity index (χ1n) is 6.91. The third kappa shape index (κ3) is 4.17. The summed E-state index contributed by atoms with van der Waals surface area (Å²) in [5, 5.41) is 9.08. The van der Waals surface area contributed by atoms with Crippen molar-refractivity contribution >= 4 is 5.97 Å². The van der Waals surface area contributed by atoms with Crippen LogP contribution in [0.1, 0.15) is 29.2 Å². The maximum Gasteiger partial charge on any atom is 0.306 e. The molecule has 7 heteroatoms. The minimum Gasteiger partial charge on any atom is -0.481 e. The predicted octanol–water partition coefficient (Wildman–Crippen LogP) is 1.80. The van der Waals surface area contributed by atoms with E-state index in [2.05, 4.69) is 9.97 Å². The summed E-state index contributed by atoms with van der Waals surface area (Å²) >= 11 is 0. The summed E-state index contributed by atoms with van der Waals surface area (Å²) in [6.07, 6.45) is -0.452. The highest BCUT2D eigenvalue weighted by Gasteiger charge is 2.27. The maximum atomic E-state index is 11.9. The highest BCUT2D eigenvalue weighted by atomic mass is 19.3. The van der Waals surface area contributed by atoms with Crippen LogP contribution in [-0.2, 0) is 28.8 Å². The van der Waals surface area contributed by atoms with Gasteiger partial charge in [0.1, 0.15) is 12.4 Å². The van der Waals surface area contributed by atoms with Crippen LogP contribution < -0.4 is 0 Å². The number of ether oxygens (including phenoxy) is 1. The zero-order valence-electron chi connectivity index (χ0n) is 11.8. The number of hydrogen-bond donors (Lipinski definition) is 1. The predicted molar refractivity (Wildman–Crippen MR) is 70.4 cm³/mol. The molecule has 0 radical (unpaired) electrons. The summed E-state index contributed by atoms with van der Waals surface area (Å²) < 4.78 is 28.7. The number of hydrogen-bond acceptors (Lipinski definition) is 4. The van der Waals surface area contributed by atoms with Crippen LogP contribution >= 0.6 is 0 Å². The summed E-state index contributed by atoms with van der Waals surface area (Å²) in [4.78, 5) is 19.8. The van der Waals surface area contributed by atoms with Gasteiger partial charge in [-0.3, -0.25) is 4.79 Å². The number of halogens is 2. The third-order valence-electron chi connectivity index (χ3n) is 3.59. The number of rotatable bonds is 6. The molecule has 0 aliphatic heterocycles. The molecule has 0 bridgehead atoms. The molecule has 0 saturated heterocycles. The topological polar surface area (TPSA) is 72.3 Å². The monoisotopic (exact) mass is 300 g/mol. The molecule has 1 aromatic rings. The summed E-state index contributed by atoms with van der Waals surface area (Å²) in [5.41, 5.74) is 2.56. The molecule has 1 unspecified atom stereocenters. The van der Waals surface area contributed by atoms with Crippen molar-refractivity contribution in [2.75, 3.05) is 13.2 Å². The molecule has 1 heterocycles. The quantitative estimate of drug-likeness (QED) is 0.811. The van der Waals surface area contributed by atoms with Crippen molar-refractivity contribution in [3.8, 4) is 0 Å². The lowest BCUT2D eigenvalue weighted by Gasteiger charge is -2.22. The molecule has 1 N–H and O–H groups in total. The third-order valence-corrected chi connectivity index (χ3v) is 3.59. The van der Waals surface area contributed by atoms with E-state index in [1.54, 1.807) is 0 Å². The Bertz CT molecular complexity index is 523. The van der Waals surface area contributed by atoms with Gasteiger partial charge < -0.3 is 9.84 Å². The summed E-state index contributed by atoms with van der Waals surface area (Å²) in [6, 6.07) is 0. The Hall–Kier alpha value is -1.63. The average Bonchev–Trinajstić information content (AvgIpc) is 2.43. The standard InChI is InChI=1S/C14H18F2N2O3/c1-8-10-6-9(14(19)20)2-3-11(10)18-13(17-8)4-5-21-7-12(15)16/h9,12H,2-7H2,1H3,(H,19,20). The lowest BCUT2D eigenvalue weighted by molar-refractivity contribution is -0.142. The van der Waals surface area contributed by atoms with Crippen molar-refractivity contribution in [1.29, 1.82) is 0 Å². The fourth-order valence-electron chi connectivity index (χ4n) is 2.51. The number of alkyl halides is 2. The van der Waals surface area contributed by atoms with E-state index in [1.807, 2.05) is 6.92 Å². The van der Waals surface area contributed by atoms with Gasteiger partial charge in [0.15, 0.2) is 0 Å². The molecule has 1 aliphatic carbocycles. The van der Waals surface area contributed by atoms with Gasteiger partial charge in [0, 0.05) is 17.8 Å². The number of nitrogens with zero attached hydrogens (tertiary/aromatic N) is 2. The van der Waals surface area contributed by atoms with Gasteiger partial charge in [0.25, 0.3) is 6.43 Å². The number of fused-ring (bicyclic) bond motifs is 1. The first kappa shape index (κ1) is 15.8. The lowest BCUT2D eigenvalue weighted by atomic mass is 9.86. The van der Waals surface area contributed by atoms with Gasteiger partial charge in [0.05, 0.1) is 12.5 Å². The van der Waals surface area contributed by atoms with Crippen LogP contribution in [0.4, 0.5) is 8.78 Å². The number of carboxylic acid groups (broad SMARTS) is 1. The second-order valence-electron chi connectivity index (χ2n) is 5.14. The fourth-order valence-corrected chi connectivity index (χ4v) is 2.51. The molecule has 1 aromatic heterocycles. The van der Waals surface area contributed by atoms with Crippen LogP contribution in [0.3, 0.4) is 0 Å². The van der Waals surface area contributed by atoms with Crippen LogP contribution in [0.5, 0.6) is 0 Å². The molecular weight excluding hydrogens is 282 g/mol. The number of aromatic nitrogens is 2. The second kappa shape index (κ2) is 6.89. The van der Waals surface area contributed by atoms with E-state index in [0.717, 1.165) is 17.0 Å². The molecule has 1 aliphatic rings. The molecule has 0 saturated carbocycles. The van der Waals surface area contributed by atoms with Crippen LogP contribution in [-0.4, -0.2) is 40.7 Å². The van der Waals surface area contributed by atoms with Crippen LogP contribution in [0.2, 0.25) is 0 Å². The van der Waals surface area contributed by atoms with Gasteiger partial charge in [-0.2, -0.15) is 0 Å². The minimum absolute atomic E-state index is 0.153. The van der Waals surface area contributed by atoms with Gasteiger partial charge in [-0.15, -0.1) is 0 Å². The molecule has 0 fully saturated rings. The molecule has 1 atom stereocenters. The van der Waals surface area contributed by atoms with Crippen molar-refractivity contribution in [3.63, 3.8) is 0 Å². The Morgan fingerprint density at radius 3 is 2.90 bits per heavy atom.